The molecule has 0 radical (unpaired) electrons. The van der Waals surface area contributed by atoms with E-state index in [1.807, 2.05) is 48.5 Å². The first-order valence-electron chi connectivity index (χ1n) is 8.39. The molecule has 1 heterocycles. The Balaban J connectivity index is 1.48. The van der Waals surface area contributed by atoms with E-state index in [0.29, 0.717) is 28.2 Å². The summed E-state index contributed by atoms with van der Waals surface area (Å²) in [6, 6.07) is 15.1. The van der Waals surface area contributed by atoms with Crippen LogP contribution >= 0.6 is 24.0 Å². The van der Waals surface area contributed by atoms with E-state index in [1.165, 1.54) is 11.8 Å². The Hall–Kier alpha value is -2.51. The van der Waals surface area contributed by atoms with E-state index in [2.05, 4.69) is 5.32 Å². The number of hydrogen-bond donors (Lipinski definition) is 1. The Morgan fingerprint density at radius 2 is 1.85 bits per heavy atom. The lowest BCUT2D eigenvalue weighted by molar-refractivity contribution is -0.115. The number of carbonyl (C=O) groups excluding carboxylic acids is 1. The molecule has 0 aromatic heterocycles. The van der Waals surface area contributed by atoms with Gasteiger partial charge in [0.15, 0.2) is 11.5 Å². The summed E-state index contributed by atoms with van der Waals surface area (Å²) in [6.45, 7) is 1.05. The third kappa shape index (κ3) is 5.48. The smallest absolute Gasteiger partial charge is 0.263 e. The highest BCUT2D eigenvalue weighted by molar-refractivity contribution is 8.26. The van der Waals surface area contributed by atoms with E-state index in [1.54, 1.807) is 13.2 Å². The first-order valence-corrected chi connectivity index (χ1v) is 9.62. The zero-order valence-electron chi connectivity index (χ0n) is 14.8. The number of thioether (sulfide) groups is 1. The summed E-state index contributed by atoms with van der Waals surface area (Å²) >= 11 is 6.26. The molecule has 0 atom stereocenters. The van der Waals surface area contributed by atoms with E-state index in [9.17, 15) is 4.79 Å². The molecule has 0 aliphatic carbocycles. The maximum Gasteiger partial charge on any atom is 0.263 e. The fraction of sp³-hybridized carbons (Fsp3) is 0.200. The molecule has 0 saturated carbocycles. The molecular weight excluding hydrogens is 382 g/mol. The quantitative estimate of drug-likeness (QED) is 0.409. The van der Waals surface area contributed by atoms with Gasteiger partial charge in [-0.3, -0.25) is 4.79 Å². The lowest BCUT2D eigenvalue weighted by atomic mass is 10.2. The van der Waals surface area contributed by atoms with Gasteiger partial charge in [-0.25, -0.2) is 0 Å². The van der Waals surface area contributed by atoms with Gasteiger partial charge in [0, 0.05) is 6.42 Å². The maximum atomic E-state index is 11.7. The molecule has 7 heteroatoms. The van der Waals surface area contributed by atoms with Gasteiger partial charge in [0.05, 0.1) is 25.2 Å². The van der Waals surface area contributed by atoms with Crippen LogP contribution in [0.4, 0.5) is 0 Å². The summed E-state index contributed by atoms with van der Waals surface area (Å²) in [4.78, 5) is 12.3. The Labute approximate surface area is 167 Å². The van der Waals surface area contributed by atoms with Gasteiger partial charge in [-0.2, -0.15) is 0 Å². The average molecular weight is 402 g/mol. The Bertz CT molecular complexity index is 867. The number of hydrogen-bond acceptors (Lipinski definition) is 6. The number of rotatable bonds is 8. The Kier molecular flexibility index (Phi) is 6.73. The number of amides is 1. The van der Waals surface area contributed by atoms with E-state index in [0.717, 1.165) is 23.5 Å². The van der Waals surface area contributed by atoms with Crippen molar-refractivity contribution in [2.45, 2.75) is 6.42 Å². The largest absolute Gasteiger partial charge is 0.493 e. The van der Waals surface area contributed by atoms with Gasteiger partial charge in [-0.1, -0.05) is 48.2 Å². The second kappa shape index (κ2) is 9.43. The molecule has 27 heavy (non-hydrogen) atoms. The fourth-order valence-corrected chi connectivity index (χ4v) is 3.48. The normalized spacial score (nSPS) is 14.9. The summed E-state index contributed by atoms with van der Waals surface area (Å²) in [6.07, 6.45) is 2.53. The minimum Gasteiger partial charge on any atom is -0.493 e. The van der Waals surface area contributed by atoms with Crippen LogP contribution in [0.15, 0.2) is 53.4 Å². The molecule has 1 amide bonds. The molecular formula is C20H19NO4S2. The zero-order chi connectivity index (χ0) is 19.1. The van der Waals surface area contributed by atoms with Gasteiger partial charge in [0.25, 0.3) is 5.91 Å². The molecule has 0 bridgehead atoms. The number of thiocarbonyl (C=S) groups is 1. The number of carbonyl (C=O) groups is 1. The Morgan fingerprint density at radius 3 is 2.59 bits per heavy atom. The summed E-state index contributed by atoms with van der Waals surface area (Å²) in [5.41, 5.74) is 0.889. The van der Waals surface area contributed by atoms with Crippen LogP contribution in [0.1, 0.15) is 12.0 Å². The van der Waals surface area contributed by atoms with Crippen molar-refractivity contribution in [1.29, 1.82) is 0 Å². The van der Waals surface area contributed by atoms with Crippen molar-refractivity contribution >= 4 is 40.3 Å². The molecule has 0 spiro atoms. The van der Waals surface area contributed by atoms with Crippen molar-refractivity contribution < 1.29 is 19.0 Å². The van der Waals surface area contributed by atoms with Crippen molar-refractivity contribution in [3.8, 4) is 17.2 Å². The van der Waals surface area contributed by atoms with Crippen molar-refractivity contribution in [2.75, 3.05) is 20.3 Å². The van der Waals surface area contributed by atoms with Crippen molar-refractivity contribution in [1.82, 2.24) is 5.32 Å². The number of benzene rings is 2. The van der Waals surface area contributed by atoms with Crippen LogP contribution in [-0.2, 0) is 4.79 Å². The predicted octanol–water partition coefficient (Wildman–Crippen LogP) is 4.03. The second-order valence-corrected chi connectivity index (χ2v) is 7.34. The number of nitrogens with one attached hydrogen (secondary N) is 1. The van der Waals surface area contributed by atoms with Gasteiger partial charge in [0.2, 0.25) is 0 Å². The highest BCUT2D eigenvalue weighted by Crippen LogP contribution is 2.27. The molecule has 1 aliphatic rings. The number of para-hydroxylation sites is 2. The third-order valence-electron chi connectivity index (χ3n) is 3.68. The van der Waals surface area contributed by atoms with Gasteiger partial charge in [0.1, 0.15) is 10.1 Å². The van der Waals surface area contributed by atoms with Gasteiger partial charge in [-0.15, -0.1) is 0 Å². The van der Waals surface area contributed by atoms with Gasteiger partial charge >= 0.3 is 0 Å². The molecule has 1 fully saturated rings. The molecule has 0 unspecified atom stereocenters. The predicted molar refractivity (Wildman–Crippen MR) is 111 cm³/mol. The SMILES string of the molecule is COc1ccccc1OCCCOc1cccc(/C=C2/SC(=S)NC2=O)c1. The molecule has 3 rings (SSSR count). The molecule has 1 aliphatic heterocycles. The molecule has 2 aromatic rings. The van der Waals surface area contributed by atoms with E-state index >= 15 is 0 Å². The van der Waals surface area contributed by atoms with Gasteiger partial charge < -0.3 is 19.5 Å². The molecule has 1 N–H and O–H groups in total. The van der Waals surface area contributed by atoms with Crippen LogP contribution in [-0.4, -0.2) is 30.6 Å². The van der Waals surface area contributed by atoms with Crippen LogP contribution in [0.3, 0.4) is 0 Å². The van der Waals surface area contributed by atoms with Crippen LogP contribution in [0.2, 0.25) is 0 Å². The van der Waals surface area contributed by atoms with E-state index < -0.39 is 0 Å². The minimum atomic E-state index is -0.162. The highest BCUT2D eigenvalue weighted by Gasteiger charge is 2.21. The lowest BCUT2D eigenvalue weighted by Crippen LogP contribution is -2.17. The molecule has 2 aromatic carbocycles. The average Bonchev–Trinajstić information content (AvgIpc) is 2.99. The van der Waals surface area contributed by atoms with Crippen LogP contribution in [0.5, 0.6) is 17.2 Å². The summed E-state index contributed by atoms with van der Waals surface area (Å²) in [5.74, 6) is 2.02. The third-order valence-corrected chi connectivity index (χ3v) is 4.84. The molecule has 5 nitrogen and oxygen atoms in total. The van der Waals surface area contributed by atoms with Crippen LogP contribution in [0, 0.1) is 0 Å². The molecule has 140 valence electrons. The van der Waals surface area contributed by atoms with Crippen LogP contribution in [0.25, 0.3) is 6.08 Å². The standard InChI is InChI=1S/C20H19NO4S2/c1-23-16-8-2-3-9-17(16)25-11-5-10-24-15-7-4-6-14(12-15)13-18-19(22)21-20(26)27-18/h2-4,6-9,12-13H,5,10-11H2,1H3,(H,21,22,26)/b18-13+. The highest BCUT2D eigenvalue weighted by atomic mass is 32.2. The monoisotopic (exact) mass is 401 g/mol. The zero-order valence-corrected chi connectivity index (χ0v) is 16.4. The first kappa shape index (κ1) is 19.3. The summed E-state index contributed by atoms with van der Waals surface area (Å²) < 4.78 is 17.2. The lowest BCUT2D eigenvalue weighted by Gasteiger charge is -2.11. The van der Waals surface area contributed by atoms with E-state index in [4.69, 9.17) is 26.4 Å². The van der Waals surface area contributed by atoms with Crippen molar-refractivity contribution in [2.24, 2.45) is 0 Å². The second-order valence-electron chi connectivity index (χ2n) is 5.63. The van der Waals surface area contributed by atoms with Gasteiger partial charge in [-0.05, 0) is 35.9 Å². The number of methoxy groups -OCH3 is 1. The van der Waals surface area contributed by atoms with Crippen molar-refractivity contribution in [3.05, 3.63) is 59.0 Å². The fourth-order valence-electron chi connectivity index (χ4n) is 2.44. The Morgan fingerprint density at radius 1 is 1.07 bits per heavy atom. The molecule has 1 saturated heterocycles. The van der Waals surface area contributed by atoms with Crippen molar-refractivity contribution in [3.63, 3.8) is 0 Å². The van der Waals surface area contributed by atoms with Crippen LogP contribution < -0.4 is 19.5 Å². The minimum absolute atomic E-state index is 0.162. The topological polar surface area (TPSA) is 56.8 Å². The summed E-state index contributed by atoms with van der Waals surface area (Å²) in [5, 5.41) is 2.60. The van der Waals surface area contributed by atoms with E-state index in [-0.39, 0.29) is 5.91 Å². The number of ether oxygens (including phenoxy) is 3. The first-order chi connectivity index (χ1) is 13.2. The maximum absolute atomic E-state index is 11.7. The summed E-state index contributed by atoms with van der Waals surface area (Å²) in [7, 11) is 1.62.